The smallest absolute Gasteiger partial charge is 0.270 e. The Kier molecular flexibility index (Phi) is 7.02. The summed E-state index contributed by atoms with van der Waals surface area (Å²) in [6.45, 7) is 2.50. The number of benzene rings is 1. The summed E-state index contributed by atoms with van der Waals surface area (Å²) in [5.41, 5.74) is 0.307. The average molecular weight is 368 g/mol. The van der Waals surface area contributed by atoms with Gasteiger partial charge in [-0.15, -0.1) is 11.3 Å². The minimum atomic E-state index is -0.249. The third-order valence-corrected chi connectivity index (χ3v) is 3.97. The summed E-state index contributed by atoms with van der Waals surface area (Å²) in [6.07, 6.45) is 1.61. The Morgan fingerprint density at radius 1 is 1.25 bits per heavy atom. The van der Waals surface area contributed by atoms with Crippen LogP contribution in [0.15, 0.2) is 29.6 Å². The molecule has 0 aliphatic rings. The molecule has 0 aliphatic heterocycles. The molecule has 1 aromatic heterocycles. The van der Waals surface area contributed by atoms with Crippen LogP contribution in [0.2, 0.25) is 5.02 Å². The number of halogens is 1. The molecule has 2 N–H and O–H groups in total. The van der Waals surface area contributed by atoms with Crippen molar-refractivity contribution < 1.29 is 14.3 Å². The number of unbranched alkanes of at least 4 members (excludes halogenated alkanes) is 1. The van der Waals surface area contributed by atoms with Crippen molar-refractivity contribution in [1.82, 2.24) is 10.3 Å². The number of carbonyl (C=O) groups is 2. The molecular weight excluding hydrogens is 350 g/mol. The molecule has 6 nitrogen and oxygen atoms in total. The summed E-state index contributed by atoms with van der Waals surface area (Å²) in [5, 5.41) is 8.05. The van der Waals surface area contributed by atoms with Gasteiger partial charge in [-0.2, -0.15) is 0 Å². The van der Waals surface area contributed by atoms with E-state index in [0.29, 0.717) is 29.0 Å². The molecule has 24 heavy (non-hydrogen) atoms. The molecule has 0 saturated heterocycles. The van der Waals surface area contributed by atoms with E-state index in [-0.39, 0.29) is 11.8 Å². The number of amides is 2. The number of aromatic nitrogens is 1. The van der Waals surface area contributed by atoms with Crippen LogP contribution in [0, 0.1) is 0 Å². The van der Waals surface area contributed by atoms with Gasteiger partial charge in [0.15, 0.2) is 5.13 Å². The first-order valence-electron chi connectivity index (χ1n) is 7.44. The number of rotatable bonds is 8. The van der Waals surface area contributed by atoms with E-state index in [9.17, 15) is 9.59 Å². The second kappa shape index (κ2) is 9.24. The van der Waals surface area contributed by atoms with E-state index in [2.05, 4.69) is 15.6 Å². The number of hydrogen-bond acceptors (Lipinski definition) is 5. The first-order valence-corrected chi connectivity index (χ1v) is 8.70. The first-order chi connectivity index (χ1) is 11.5. The van der Waals surface area contributed by atoms with Crippen LogP contribution in [-0.2, 0) is 4.79 Å². The van der Waals surface area contributed by atoms with Crippen LogP contribution in [-0.4, -0.2) is 29.9 Å². The Morgan fingerprint density at radius 3 is 2.71 bits per heavy atom. The SMILES string of the molecule is CC(=O)Nc1nc(C(=O)NCCCCOc2ccc(Cl)cc2)cs1. The number of carbonyl (C=O) groups excluding carboxylic acids is 2. The largest absolute Gasteiger partial charge is 0.494 e. The molecule has 0 spiro atoms. The van der Waals surface area contributed by atoms with Crippen molar-refractivity contribution in [3.63, 3.8) is 0 Å². The highest BCUT2D eigenvalue weighted by Gasteiger charge is 2.10. The summed E-state index contributed by atoms with van der Waals surface area (Å²) in [5.74, 6) is 0.315. The van der Waals surface area contributed by atoms with Gasteiger partial charge in [0.05, 0.1) is 6.61 Å². The molecule has 0 saturated carbocycles. The molecule has 2 amide bonds. The van der Waals surface area contributed by atoms with Gasteiger partial charge < -0.3 is 15.4 Å². The van der Waals surface area contributed by atoms with E-state index >= 15 is 0 Å². The van der Waals surface area contributed by atoms with E-state index in [1.54, 1.807) is 17.5 Å². The molecule has 2 aromatic rings. The number of thiazole rings is 1. The maximum atomic E-state index is 11.9. The third-order valence-electron chi connectivity index (χ3n) is 2.96. The number of nitrogens with zero attached hydrogens (tertiary/aromatic N) is 1. The molecule has 0 aliphatic carbocycles. The molecule has 0 fully saturated rings. The molecule has 0 radical (unpaired) electrons. The monoisotopic (exact) mass is 367 g/mol. The van der Waals surface area contributed by atoms with Crippen LogP contribution < -0.4 is 15.4 Å². The lowest BCUT2D eigenvalue weighted by Crippen LogP contribution is -2.25. The Labute approximate surface area is 149 Å². The Hall–Kier alpha value is -2.12. The normalized spacial score (nSPS) is 10.2. The Morgan fingerprint density at radius 2 is 2.00 bits per heavy atom. The standard InChI is InChI=1S/C16H18ClN3O3S/c1-11(21)19-16-20-14(10-24-16)15(22)18-8-2-3-9-23-13-6-4-12(17)5-7-13/h4-7,10H,2-3,8-9H2,1H3,(H,18,22)(H,19,20,21). The van der Waals surface area contributed by atoms with Crippen LogP contribution in [0.25, 0.3) is 0 Å². The molecule has 8 heteroatoms. The van der Waals surface area contributed by atoms with E-state index in [4.69, 9.17) is 16.3 Å². The number of anilines is 1. The molecule has 2 rings (SSSR count). The van der Waals surface area contributed by atoms with E-state index < -0.39 is 0 Å². The van der Waals surface area contributed by atoms with Crippen molar-refractivity contribution in [3.8, 4) is 5.75 Å². The van der Waals surface area contributed by atoms with Crippen LogP contribution in [0.4, 0.5) is 5.13 Å². The highest BCUT2D eigenvalue weighted by molar-refractivity contribution is 7.14. The molecule has 1 heterocycles. The predicted octanol–water partition coefficient (Wildman–Crippen LogP) is 3.34. The maximum absolute atomic E-state index is 11.9. The van der Waals surface area contributed by atoms with E-state index in [0.717, 1.165) is 18.6 Å². The van der Waals surface area contributed by atoms with E-state index in [1.807, 2.05) is 12.1 Å². The van der Waals surface area contributed by atoms with Gasteiger partial charge >= 0.3 is 0 Å². The second-order valence-corrected chi connectivity index (χ2v) is 6.28. The van der Waals surface area contributed by atoms with Gasteiger partial charge in [-0.05, 0) is 37.1 Å². The summed E-state index contributed by atoms with van der Waals surface area (Å²) in [6, 6.07) is 7.19. The third kappa shape index (κ3) is 6.17. The van der Waals surface area contributed by atoms with Crippen LogP contribution in [0.1, 0.15) is 30.3 Å². The quantitative estimate of drug-likeness (QED) is 0.701. The van der Waals surface area contributed by atoms with Gasteiger partial charge in [0.25, 0.3) is 5.91 Å². The zero-order chi connectivity index (χ0) is 17.4. The zero-order valence-corrected chi connectivity index (χ0v) is 14.7. The van der Waals surface area contributed by atoms with Crippen LogP contribution in [0.3, 0.4) is 0 Å². The fourth-order valence-electron chi connectivity index (χ4n) is 1.83. The highest BCUT2D eigenvalue weighted by atomic mass is 35.5. The van der Waals surface area contributed by atoms with Gasteiger partial charge in [-0.3, -0.25) is 9.59 Å². The summed E-state index contributed by atoms with van der Waals surface area (Å²) in [4.78, 5) is 26.9. The Bertz CT molecular complexity index is 688. The van der Waals surface area contributed by atoms with Gasteiger partial charge in [-0.1, -0.05) is 11.6 Å². The van der Waals surface area contributed by atoms with Crippen molar-refractivity contribution in [2.75, 3.05) is 18.5 Å². The predicted molar refractivity (Wildman–Crippen MR) is 94.9 cm³/mol. The summed E-state index contributed by atoms with van der Waals surface area (Å²) in [7, 11) is 0. The average Bonchev–Trinajstić information content (AvgIpc) is 3.00. The number of ether oxygens (including phenoxy) is 1. The van der Waals surface area contributed by atoms with Crippen molar-refractivity contribution in [3.05, 3.63) is 40.4 Å². The molecule has 0 bridgehead atoms. The minimum Gasteiger partial charge on any atom is -0.494 e. The lowest BCUT2D eigenvalue weighted by Gasteiger charge is -2.06. The lowest BCUT2D eigenvalue weighted by atomic mass is 10.3. The first kappa shape index (κ1) is 18.2. The van der Waals surface area contributed by atoms with Gasteiger partial charge in [0, 0.05) is 23.9 Å². The molecule has 0 atom stereocenters. The summed E-state index contributed by atoms with van der Waals surface area (Å²) >= 11 is 7.02. The summed E-state index contributed by atoms with van der Waals surface area (Å²) < 4.78 is 5.57. The highest BCUT2D eigenvalue weighted by Crippen LogP contribution is 2.16. The van der Waals surface area contributed by atoms with Gasteiger partial charge in [-0.25, -0.2) is 4.98 Å². The van der Waals surface area contributed by atoms with Crippen LogP contribution in [0.5, 0.6) is 5.75 Å². The van der Waals surface area contributed by atoms with Crippen molar-refractivity contribution >= 4 is 39.9 Å². The van der Waals surface area contributed by atoms with Gasteiger partial charge in [0.2, 0.25) is 5.91 Å². The molecule has 0 unspecified atom stereocenters. The minimum absolute atomic E-state index is 0.211. The Balaban J connectivity index is 1.61. The van der Waals surface area contributed by atoms with Crippen LogP contribution >= 0.6 is 22.9 Å². The van der Waals surface area contributed by atoms with Crippen molar-refractivity contribution in [1.29, 1.82) is 0 Å². The molecule has 1 aromatic carbocycles. The number of hydrogen-bond donors (Lipinski definition) is 2. The number of nitrogens with one attached hydrogen (secondary N) is 2. The molecule has 128 valence electrons. The van der Waals surface area contributed by atoms with Crippen molar-refractivity contribution in [2.45, 2.75) is 19.8 Å². The maximum Gasteiger partial charge on any atom is 0.270 e. The lowest BCUT2D eigenvalue weighted by molar-refractivity contribution is -0.114. The van der Waals surface area contributed by atoms with Crippen molar-refractivity contribution in [2.24, 2.45) is 0 Å². The fraction of sp³-hybridized carbons (Fsp3) is 0.312. The molecular formula is C16H18ClN3O3S. The second-order valence-electron chi connectivity index (χ2n) is 4.98. The van der Waals surface area contributed by atoms with Gasteiger partial charge in [0.1, 0.15) is 11.4 Å². The topological polar surface area (TPSA) is 80.3 Å². The van der Waals surface area contributed by atoms with E-state index in [1.165, 1.54) is 18.3 Å². The fourth-order valence-corrected chi connectivity index (χ4v) is 2.69. The zero-order valence-electron chi connectivity index (χ0n) is 13.2.